The van der Waals surface area contributed by atoms with Crippen LogP contribution in [0.1, 0.15) is 6.42 Å². The molecule has 1 aliphatic rings. The molecule has 5 nitrogen and oxygen atoms in total. The largest absolute Gasteiger partial charge is 0.495 e. The zero-order valence-corrected chi connectivity index (χ0v) is 15.0. The quantitative estimate of drug-likeness (QED) is 0.874. The molecule has 2 aromatic carbocycles. The number of hydrogen-bond acceptors (Lipinski definition) is 3. The average molecular weight is 379 g/mol. The van der Waals surface area contributed by atoms with Crippen molar-refractivity contribution in [3.8, 4) is 5.75 Å². The zero-order valence-electron chi connectivity index (χ0n) is 13.5. The molecule has 2 amide bonds. The third kappa shape index (κ3) is 3.89. The molecule has 0 aliphatic carbocycles. The van der Waals surface area contributed by atoms with Gasteiger partial charge in [0, 0.05) is 28.7 Å². The SMILES string of the molecule is COc1ccc(Cl)cc1N1CC(C(=O)Nc2ccc(Cl)cc2)CC1=O. The third-order valence-corrected chi connectivity index (χ3v) is 4.53. The van der Waals surface area contributed by atoms with Gasteiger partial charge in [0.25, 0.3) is 0 Å². The van der Waals surface area contributed by atoms with Gasteiger partial charge < -0.3 is 15.0 Å². The fourth-order valence-corrected chi connectivity index (χ4v) is 3.06. The third-order valence-electron chi connectivity index (χ3n) is 4.04. The molecule has 0 aromatic heterocycles. The summed E-state index contributed by atoms with van der Waals surface area (Å²) < 4.78 is 5.30. The second kappa shape index (κ2) is 7.33. The summed E-state index contributed by atoms with van der Waals surface area (Å²) in [6.07, 6.45) is 0.134. The van der Waals surface area contributed by atoms with Crippen LogP contribution in [0.5, 0.6) is 5.75 Å². The molecule has 1 heterocycles. The normalized spacial score (nSPS) is 16.8. The number of hydrogen-bond donors (Lipinski definition) is 1. The lowest BCUT2D eigenvalue weighted by molar-refractivity contribution is -0.122. The molecule has 0 spiro atoms. The molecule has 2 aromatic rings. The number of ether oxygens (including phenoxy) is 1. The molecule has 1 saturated heterocycles. The van der Waals surface area contributed by atoms with Gasteiger partial charge in [-0.25, -0.2) is 0 Å². The fraction of sp³-hybridized carbons (Fsp3) is 0.222. The van der Waals surface area contributed by atoms with Crippen molar-refractivity contribution >= 4 is 46.4 Å². The summed E-state index contributed by atoms with van der Waals surface area (Å²) >= 11 is 11.9. The molecule has 1 unspecified atom stereocenters. The maximum Gasteiger partial charge on any atom is 0.229 e. The van der Waals surface area contributed by atoms with Gasteiger partial charge in [-0.05, 0) is 42.5 Å². The first kappa shape index (κ1) is 17.6. The predicted molar refractivity (Wildman–Crippen MR) is 98.5 cm³/mol. The van der Waals surface area contributed by atoms with Crippen molar-refractivity contribution in [2.45, 2.75) is 6.42 Å². The molecule has 0 radical (unpaired) electrons. The zero-order chi connectivity index (χ0) is 18.0. The smallest absolute Gasteiger partial charge is 0.229 e. The fourth-order valence-electron chi connectivity index (χ4n) is 2.77. The lowest BCUT2D eigenvalue weighted by Gasteiger charge is -2.19. The summed E-state index contributed by atoms with van der Waals surface area (Å²) in [7, 11) is 1.53. The molecule has 130 valence electrons. The van der Waals surface area contributed by atoms with Gasteiger partial charge in [-0.1, -0.05) is 23.2 Å². The van der Waals surface area contributed by atoms with Crippen molar-refractivity contribution < 1.29 is 14.3 Å². The first-order chi connectivity index (χ1) is 12.0. The highest BCUT2D eigenvalue weighted by Gasteiger charge is 2.36. The summed E-state index contributed by atoms with van der Waals surface area (Å²) in [5.41, 5.74) is 1.21. The first-order valence-electron chi connectivity index (χ1n) is 7.68. The number of carbonyl (C=O) groups is 2. The molecule has 0 bridgehead atoms. The van der Waals surface area contributed by atoms with Gasteiger partial charge in [0.1, 0.15) is 5.75 Å². The lowest BCUT2D eigenvalue weighted by atomic mass is 10.1. The van der Waals surface area contributed by atoms with Crippen LogP contribution in [0, 0.1) is 5.92 Å². The summed E-state index contributed by atoms with van der Waals surface area (Å²) in [5, 5.41) is 3.90. The Labute approximate surface area is 155 Å². The highest BCUT2D eigenvalue weighted by Crippen LogP contribution is 2.35. The van der Waals surface area contributed by atoms with E-state index >= 15 is 0 Å². The average Bonchev–Trinajstić information content (AvgIpc) is 2.98. The number of anilines is 2. The van der Waals surface area contributed by atoms with Crippen LogP contribution in [-0.2, 0) is 9.59 Å². The Bertz CT molecular complexity index is 808. The second-order valence-corrected chi connectivity index (χ2v) is 6.59. The van der Waals surface area contributed by atoms with E-state index in [4.69, 9.17) is 27.9 Å². The summed E-state index contributed by atoms with van der Waals surface area (Å²) in [5.74, 6) is -0.264. The van der Waals surface area contributed by atoms with Gasteiger partial charge in [-0.3, -0.25) is 9.59 Å². The minimum atomic E-state index is -0.452. The highest BCUT2D eigenvalue weighted by atomic mass is 35.5. The van der Waals surface area contributed by atoms with E-state index < -0.39 is 5.92 Å². The Morgan fingerprint density at radius 1 is 1.16 bits per heavy atom. The van der Waals surface area contributed by atoms with Crippen LogP contribution in [0.25, 0.3) is 0 Å². The Morgan fingerprint density at radius 2 is 1.84 bits per heavy atom. The number of benzene rings is 2. The van der Waals surface area contributed by atoms with Crippen molar-refractivity contribution in [3.05, 3.63) is 52.5 Å². The molecule has 3 rings (SSSR count). The molecule has 1 fully saturated rings. The monoisotopic (exact) mass is 378 g/mol. The molecule has 1 atom stereocenters. The molecule has 25 heavy (non-hydrogen) atoms. The maximum absolute atomic E-state index is 12.5. The van der Waals surface area contributed by atoms with E-state index in [2.05, 4.69) is 5.32 Å². The van der Waals surface area contributed by atoms with Crippen LogP contribution in [0.4, 0.5) is 11.4 Å². The van der Waals surface area contributed by atoms with E-state index in [0.29, 0.717) is 27.2 Å². The maximum atomic E-state index is 12.5. The Hall–Kier alpha value is -2.24. The summed E-state index contributed by atoms with van der Waals surface area (Å²) in [6.45, 7) is 0.273. The van der Waals surface area contributed by atoms with Gasteiger partial charge in [-0.15, -0.1) is 0 Å². The van der Waals surface area contributed by atoms with Crippen LogP contribution in [-0.4, -0.2) is 25.5 Å². The number of halogens is 2. The van der Waals surface area contributed by atoms with Crippen molar-refractivity contribution in [2.75, 3.05) is 23.9 Å². The second-order valence-electron chi connectivity index (χ2n) is 5.72. The summed E-state index contributed by atoms with van der Waals surface area (Å²) in [4.78, 5) is 26.4. The van der Waals surface area contributed by atoms with Gasteiger partial charge in [0.2, 0.25) is 11.8 Å². The molecule has 0 saturated carbocycles. The van der Waals surface area contributed by atoms with Crippen molar-refractivity contribution in [1.82, 2.24) is 0 Å². The standard InChI is InChI=1S/C18H16Cl2N2O3/c1-25-16-7-4-13(20)9-15(16)22-10-11(8-17(22)23)18(24)21-14-5-2-12(19)3-6-14/h2-7,9,11H,8,10H2,1H3,(H,21,24). The minimum Gasteiger partial charge on any atom is -0.495 e. The number of nitrogens with one attached hydrogen (secondary N) is 1. The van der Waals surface area contributed by atoms with Crippen LogP contribution < -0.4 is 15.0 Å². The number of methoxy groups -OCH3 is 1. The Balaban J connectivity index is 1.75. The van der Waals surface area contributed by atoms with Gasteiger partial charge >= 0.3 is 0 Å². The lowest BCUT2D eigenvalue weighted by Crippen LogP contribution is -2.28. The van der Waals surface area contributed by atoms with Gasteiger partial charge in [-0.2, -0.15) is 0 Å². The first-order valence-corrected chi connectivity index (χ1v) is 8.44. The van der Waals surface area contributed by atoms with Gasteiger partial charge in [0.05, 0.1) is 18.7 Å². The Morgan fingerprint density at radius 3 is 2.52 bits per heavy atom. The van der Waals surface area contributed by atoms with E-state index in [0.717, 1.165) is 0 Å². The number of carbonyl (C=O) groups excluding carboxylic acids is 2. The molecule has 7 heteroatoms. The van der Waals surface area contributed by atoms with Crippen LogP contribution in [0.3, 0.4) is 0 Å². The van der Waals surface area contributed by atoms with E-state index in [1.54, 1.807) is 42.5 Å². The minimum absolute atomic E-state index is 0.134. The van der Waals surface area contributed by atoms with Crippen molar-refractivity contribution in [3.63, 3.8) is 0 Å². The van der Waals surface area contributed by atoms with E-state index in [9.17, 15) is 9.59 Å². The molecular formula is C18H16Cl2N2O3. The van der Waals surface area contributed by atoms with Gasteiger partial charge in [0.15, 0.2) is 0 Å². The predicted octanol–water partition coefficient (Wildman–Crippen LogP) is 3.99. The van der Waals surface area contributed by atoms with Crippen LogP contribution >= 0.6 is 23.2 Å². The van der Waals surface area contributed by atoms with Crippen molar-refractivity contribution in [2.24, 2.45) is 5.92 Å². The molecular weight excluding hydrogens is 363 g/mol. The Kier molecular flexibility index (Phi) is 5.16. The van der Waals surface area contributed by atoms with Crippen LogP contribution in [0.2, 0.25) is 10.0 Å². The van der Waals surface area contributed by atoms with Crippen LogP contribution in [0.15, 0.2) is 42.5 Å². The number of rotatable bonds is 4. The van der Waals surface area contributed by atoms with E-state index in [-0.39, 0.29) is 24.8 Å². The summed E-state index contributed by atoms with van der Waals surface area (Å²) in [6, 6.07) is 11.9. The highest BCUT2D eigenvalue weighted by molar-refractivity contribution is 6.31. The van der Waals surface area contributed by atoms with Crippen molar-refractivity contribution in [1.29, 1.82) is 0 Å². The van der Waals surface area contributed by atoms with E-state index in [1.165, 1.54) is 12.0 Å². The molecule has 1 aliphatic heterocycles. The topological polar surface area (TPSA) is 58.6 Å². The number of amides is 2. The van der Waals surface area contributed by atoms with E-state index in [1.807, 2.05) is 0 Å². The number of nitrogens with zero attached hydrogens (tertiary/aromatic N) is 1. The molecule has 1 N–H and O–H groups in total.